The summed E-state index contributed by atoms with van der Waals surface area (Å²) in [7, 11) is 0. The number of carbonyl (C=O) groups is 1. The first-order valence-corrected chi connectivity index (χ1v) is 6.59. The van der Waals surface area contributed by atoms with Crippen molar-refractivity contribution < 1.29 is 14.8 Å². The van der Waals surface area contributed by atoms with E-state index in [4.69, 9.17) is 0 Å². The molecule has 0 radical (unpaired) electrons. The summed E-state index contributed by atoms with van der Waals surface area (Å²) in [5, 5.41) is 20.8. The maximum absolute atomic E-state index is 12.5. The van der Waals surface area contributed by atoms with Crippen molar-refractivity contribution >= 4 is 11.6 Å². The number of nitrogens with zero attached hydrogens (tertiary/aromatic N) is 3. The van der Waals surface area contributed by atoms with Gasteiger partial charge in [-0.3, -0.25) is 14.9 Å². The molecule has 7 heteroatoms. The van der Waals surface area contributed by atoms with Crippen molar-refractivity contribution in [3.8, 4) is 0 Å². The number of β-amino-alcohol motifs (C(OH)–C–C–N with tert-alkyl or cyclic N) is 1. The number of amides is 1. The fourth-order valence-electron chi connectivity index (χ4n) is 2.44. The van der Waals surface area contributed by atoms with Gasteiger partial charge in [-0.1, -0.05) is 0 Å². The Morgan fingerprint density at radius 1 is 1.55 bits per heavy atom. The molecule has 0 bridgehead atoms. The largest absolute Gasteiger partial charge is 0.388 e. The zero-order valence-corrected chi connectivity index (χ0v) is 11.9. The van der Waals surface area contributed by atoms with E-state index >= 15 is 0 Å². The lowest BCUT2D eigenvalue weighted by atomic mass is 10.1. The Labute approximate surface area is 116 Å². The van der Waals surface area contributed by atoms with Crippen LogP contribution < -0.4 is 0 Å². The van der Waals surface area contributed by atoms with Gasteiger partial charge in [0, 0.05) is 25.2 Å². The molecule has 1 unspecified atom stereocenters. The minimum absolute atomic E-state index is 0.0502. The molecule has 1 saturated heterocycles. The van der Waals surface area contributed by atoms with Gasteiger partial charge in [0.15, 0.2) is 0 Å². The van der Waals surface area contributed by atoms with Gasteiger partial charge in [0.05, 0.1) is 16.7 Å². The van der Waals surface area contributed by atoms with Gasteiger partial charge in [-0.2, -0.15) is 0 Å². The molecule has 7 nitrogen and oxygen atoms in total. The first-order valence-electron chi connectivity index (χ1n) is 6.59. The molecule has 1 atom stereocenters. The second-order valence-electron chi connectivity index (χ2n) is 5.82. The van der Waals surface area contributed by atoms with Crippen LogP contribution in [-0.2, 0) is 0 Å². The molecule has 2 rings (SSSR count). The van der Waals surface area contributed by atoms with E-state index in [-0.39, 0.29) is 24.2 Å². The monoisotopic (exact) mass is 281 g/mol. The van der Waals surface area contributed by atoms with Crippen LogP contribution >= 0.6 is 0 Å². The Kier molecular flexibility index (Phi) is 3.56. The van der Waals surface area contributed by atoms with Gasteiger partial charge in [-0.25, -0.2) is 0 Å². The van der Waals surface area contributed by atoms with Gasteiger partial charge >= 0.3 is 0 Å². The summed E-state index contributed by atoms with van der Waals surface area (Å²) in [6.07, 6.45) is 1.90. The lowest BCUT2D eigenvalue weighted by Crippen LogP contribution is -2.35. The Balaban J connectivity index is 2.32. The zero-order chi connectivity index (χ0) is 15.1. The van der Waals surface area contributed by atoms with E-state index in [1.807, 2.05) is 13.8 Å². The Morgan fingerprint density at radius 2 is 2.20 bits per heavy atom. The van der Waals surface area contributed by atoms with Crippen LogP contribution in [0, 0.1) is 10.1 Å². The Bertz CT molecular complexity index is 548. The third kappa shape index (κ3) is 2.67. The summed E-state index contributed by atoms with van der Waals surface area (Å²) in [5.74, 6) is -0.274. The summed E-state index contributed by atoms with van der Waals surface area (Å²) in [5.41, 5.74) is -0.672. The molecule has 0 aliphatic carbocycles. The first kappa shape index (κ1) is 14.5. The lowest BCUT2D eigenvalue weighted by molar-refractivity contribution is -0.384. The molecule has 1 aliphatic rings. The van der Waals surface area contributed by atoms with Crippen LogP contribution in [0.4, 0.5) is 5.69 Å². The molecule has 0 saturated carbocycles. The maximum atomic E-state index is 12.5. The van der Waals surface area contributed by atoms with E-state index in [1.54, 1.807) is 11.5 Å². The third-order valence-corrected chi connectivity index (χ3v) is 3.56. The van der Waals surface area contributed by atoms with E-state index < -0.39 is 10.5 Å². The van der Waals surface area contributed by atoms with Gasteiger partial charge in [-0.15, -0.1) is 0 Å². The van der Waals surface area contributed by atoms with Gasteiger partial charge in [0.2, 0.25) is 0 Å². The Morgan fingerprint density at radius 3 is 2.65 bits per heavy atom. The highest BCUT2D eigenvalue weighted by Crippen LogP contribution is 2.26. The smallest absolute Gasteiger partial charge is 0.287 e. The predicted molar refractivity (Wildman–Crippen MR) is 72.6 cm³/mol. The van der Waals surface area contributed by atoms with Crippen LogP contribution in [0.25, 0.3) is 0 Å². The number of carbonyl (C=O) groups excluding carboxylic acids is 1. The van der Waals surface area contributed by atoms with Crippen LogP contribution in [0.5, 0.6) is 0 Å². The third-order valence-electron chi connectivity index (χ3n) is 3.56. The molecule has 0 aromatic carbocycles. The minimum atomic E-state index is -0.878. The number of likely N-dealkylation sites (tertiary alicyclic amines) is 1. The molecule has 20 heavy (non-hydrogen) atoms. The van der Waals surface area contributed by atoms with E-state index in [0.29, 0.717) is 18.7 Å². The molecule has 1 aromatic heterocycles. The molecular formula is C13H19N3O4. The molecule has 2 heterocycles. The molecule has 1 aliphatic heterocycles. The quantitative estimate of drug-likeness (QED) is 0.673. The summed E-state index contributed by atoms with van der Waals surface area (Å²) < 4.78 is 1.60. The molecule has 0 spiro atoms. The van der Waals surface area contributed by atoms with Crippen molar-refractivity contribution in [2.24, 2.45) is 0 Å². The lowest BCUT2D eigenvalue weighted by Gasteiger charge is -2.20. The maximum Gasteiger partial charge on any atom is 0.287 e. The van der Waals surface area contributed by atoms with E-state index in [9.17, 15) is 20.0 Å². The molecule has 1 fully saturated rings. The van der Waals surface area contributed by atoms with Gasteiger partial charge < -0.3 is 14.6 Å². The van der Waals surface area contributed by atoms with Crippen molar-refractivity contribution in [3.05, 3.63) is 28.1 Å². The first-order chi connectivity index (χ1) is 9.21. The highest BCUT2D eigenvalue weighted by Gasteiger charge is 2.36. The van der Waals surface area contributed by atoms with Gasteiger partial charge in [0.25, 0.3) is 11.6 Å². The highest BCUT2D eigenvalue weighted by atomic mass is 16.6. The SMILES string of the molecule is CC(C)n1cc([N+](=O)[O-])cc1C(=O)N1CCC(C)(O)C1. The van der Waals surface area contributed by atoms with E-state index in [1.165, 1.54) is 17.2 Å². The molecular weight excluding hydrogens is 262 g/mol. The fraction of sp³-hybridized carbons (Fsp3) is 0.615. The van der Waals surface area contributed by atoms with Crippen molar-refractivity contribution in [1.29, 1.82) is 0 Å². The molecule has 1 N–H and O–H groups in total. The number of hydrogen-bond acceptors (Lipinski definition) is 4. The second-order valence-corrected chi connectivity index (χ2v) is 5.82. The predicted octanol–water partition coefficient (Wildman–Crippen LogP) is 1.57. The van der Waals surface area contributed by atoms with Gasteiger partial charge in [0.1, 0.15) is 5.69 Å². The summed E-state index contributed by atoms with van der Waals surface area (Å²) in [4.78, 5) is 24.4. The van der Waals surface area contributed by atoms with Crippen LogP contribution in [0.15, 0.2) is 12.3 Å². The average Bonchev–Trinajstić information content (AvgIpc) is 2.91. The van der Waals surface area contributed by atoms with Gasteiger partial charge in [-0.05, 0) is 27.2 Å². The minimum Gasteiger partial charge on any atom is -0.388 e. The van der Waals surface area contributed by atoms with Crippen molar-refractivity contribution in [2.75, 3.05) is 13.1 Å². The standard InChI is InChI=1S/C13H19N3O4/c1-9(2)15-7-10(16(19)20)6-11(15)12(17)14-5-4-13(3,18)8-14/h6-7,9,18H,4-5,8H2,1-3H3. The summed E-state index contributed by atoms with van der Waals surface area (Å²) >= 11 is 0. The van der Waals surface area contributed by atoms with Crippen molar-refractivity contribution in [2.45, 2.75) is 38.8 Å². The van der Waals surface area contributed by atoms with Crippen LogP contribution in [0.3, 0.4) is 0 Å². The van der Waals surface area contributed by atoms with Crippen LogP contribution in [-0.4, -0.2) is 44.1 Å². The second kappa shape index (κ2) is 4.90. The molecule has 110 valence electrons. The van der Waals surface area contributed by atoms with E-state index in [0.717, 1.165) is 0 Å². The topological polar surface area (TPSA) is 88.6 Å². The summed E-state index contributed by atoms with van der Waals surface area (Å²) in [6, 6.07) is 1.25. The van der Waals surface area contributed by atoms with Crippen molar-refractivity contribution in [1.82, 2.24) is 9.47 Å². The van der Waals surface area contributed by atoms with E-state index in [2.05, 4.69) is 0 Å². The van der Waals surface area contributed by atoms with Crippen LogP contribution in [0.2, 0.25) is 0 Å². The number of aromatic nitrogens is 1. The zero-order valence-electron chi connectivity index (χ0n) is 11.9. The molecule has 1 aromatic rings. The van der Waals surface area contributed by atoms with Crippen LogP contribution in [0.1, 0.15) is 43.7 Å². The molecule has 1 amide bonds. The number of aliphatic hydroxyl groups is 1. The fourth-order valence-corrected chi connectivity index (χ4v) is 2.44. The normalized spacial score (nSPS) is 22.6. The summed E-state index contributed by atoms with van der Waals surface area (Å²) in [6.45, 7) is 6.12. The number of rotatable bonds is 3. The number of nitro groups is 1. The average molecular weight is 281 g/mol. The highest BCUT2D eigenvalue weighted by molar-refractivity contribution is 5.94. The number of hydrogen-bond donors (Lipinski definition) is 1. The Hall–Kier alpha value is -1.89. The van der Waals surface area contributed by atoms with Crippen molar-refractivity contribution in [3.63, 3.8) is 0 Å².